The number of rotatable bonds is 4. The van der Waals surface area contributed by atoms with Gasteiger partial charge in [-0.3, -0.25) is 4.79 Å². The van der Waals surface area contributed by atoms with E-state index in [0.29, 0.717) is 11.6 Å². The molecule has 0 radical (unpaired) electrons. The summed E-state index contributed by atoms with van der Waals surface area (Å²) in [7, 11) is 1.86. The summed E-state index contributed by atoms with van der Waals surface area (Å²) in [5.41, 5.74) is 0.713. The minimum Gasteiger partial charge on any atom is -0.338 e. The molecule has 0 unspecified atom stereocenters. The predicted molar refractivity (Wildman–Crippen MR) is 85.6 cm³/mol. The second-order valence-corrected chi connectivity index (χ2v) is 6.95. The summed E-state index contributed by atoms with van der Waals surface area (Å²) in [4.78, 5) is 19.0. The Bertz CT molecular complexity index is 620. The van der Waals surface area contributed by atoms with Crippen LogP contribution in [0.25, 0.3) is 0 Å². The van der Waals surface area contributed by atoms with Crippen molar-refractivity contribution in [2.45, 2.75) is 31.2 Å². The van der Waals surface area contributed by atoms with E-state index in [4.69, 9.17) is 11.6 Å². The fourth-order valence-electron chi connectivity index (χ4n) is 2.90. The lowest BCUT2D eigenvalue weighted by atomic mass is 9.63. The van der Waals surface area contributed by atoms with Crippen LogP contribution in [0.15, 0.2) is 35.8 Å². The molecule has 110 valence electrons. The molecule has 3 nitrogen and oxygen atoms in total. The second kappa shape index (κ2) is 5.78. The van der Waals surface area contributed by atoms with Crippen LogP contribution in [0.5, 0.6) is 0 Å². The number of benzene rings is 1. The lowest BCUT2D eigenvalue weighted by Crippen LogP contribution is -2.49. The maximum absolute atomic E-state index is 12.9. The van der Waals surface area contributed by atoms with Crippen molar-refractivity contribution < 1.29 is 4.79 Å². The average molecular weight is 321 g/mol. The third kappa shape index (κ3) is 2.70. The number of aromatic nitrogens is 1. The summed E-state index contributed by atoms with van der Waals surface area (Å²) in [6, 6.07) is 7.70. The van der Waals surface area contributed by atoms with Crippen molar-refractivity contribution in [3.63, 3.8) is 0 Å². The number of thiazole rings is 1. The van der Waals surface area contributed by atoms with Crippen molar-refractivity contribution in [2.24, 2.45) is 0 Å². The normalized spacial score (nSPS) is 16.3. The SMILES string of the molecule is CN(Cc1nccs1)C(=O)C1(c2ccc(Cl)cc2)CCC1. The van der Waals surface area contributed by atoms with E-state index < -0.39 is 0 Å². The highest BCUT2D eigenvalue weighted by Crippen LogP contribution is 2.45. The number of hydrogen-bond acceptors (Lipinski definition) is 3. The monoisotopic (exact) mass is 320 g/mol. The van der Waals surface area contributed by atoms with Gasteiger partial charge in [-0.15, -0.1) is 11.3 Å². The van der Waals surface area contributed by atoms with E-state index in [1.165, 1.54) is 0 Å². The zero-order valence-corrected chi connectivity index (χ0v) is 13.5. The van der Waals surface area contributed by atoms with Gasteiger partial charge in [-0.25, -0.2) is 4.98 Å². The third-order valence-electron chi connectivity index (χ3n) is 4.22. The second-order valence-electron chi connectivity index (χ2n) is 5.53. The van der Waals surface area contributed by atoms with Crippen LogP contribution in [0, 0.1) is 0 Å². The molecule has 1 heterocycles. The molecule has 0 atom stereocenters. The molecule has 1 fully saturated rings. The van der Waals surface area contributed by atoms with Crippen LogP contribution in [-0.4, -0.2) is 22.8 Å². The minimum absolute atomic E-state index is 0.186. The van der Waals surface area contributed by atoms with Gasteiger partial charge in [-0.05, 0) is 30.5 Å². The highest BCUT2D eigenvalue weighted by atomic mass is 35.5. The molecule has 1 aliphatic rings. The van der Waals surface area contributed by atoms with E-state index in [1.54, 1.807) is 22.4 Å². The Hall–Kier alpha value is -1.39. The number of carbonyl (C=O) groups excluding carboxylic acids is 1. The minimum atomic E-state index is -0.364. The van der Waals surface area contributed by atoms with Gasteiger partial charge in [-0.2, -0.15) is 0 Å². The van der Waals surface area contributed by atoms with Crippen molar-refractivity contribution in [1.82, 2.24) is 9.88 Å². The molecule has 2 aromatic rings. The molecule has 0 spiro atoms. The zero-order valence-electron chi connectivity index (χ0n) is 11.9. The van der Waals surface area contributed by atoms with Crippen molar-refractivity contribution in [1.29, 1.82) is 0 Å². The van der Waals surface area contributed by atoms with Gasteiger partial charge < -0.3 is 4.90 Å². The van der Waals surface area contributed by atoms with Crippen LogP contribution in [0.3, 0.4) is 0 Å². The molecule has 1 aromatic heterocycles. The summed E-state index contributed by atoms with van der Waals surface area (Å²) in [6.07, 6.45) is 4.70. The number of halogens is 1. The molecule has 5 heteroatoms. The fraction of sp³-hybridized carbons (Fsp3) is 0.375. The fourth-order valence-corrected chi connectivity index (χ4v) is 3.69. The van der Waals surface area contributed by atoms with E-state index in [2.05, 4.69) is 4.98 Å². The number of likely N-dealkylation sites (N-methyl/N-ethyl adjacent to an activating group) is 1. The number of amides is 1. The Labute approximate surface area is 133 Å². The van der Waals surface area contributed by atoms with Gasteiger partial charge in [0.15, 0.2) is 0 Å². The van der Waals surface area contributed by atoms with E-state index in [9.17, 15) is 4.79 Å². The molecule has 0 aliphatic heterocycles. The summed E-state index contributed by atoms with van der Waals surface area (Å²) < 4.78 is 0. The standard InChI is InChI=1S/C16H17ClN2OS/c1-19(11-14-18-9-10-21-14)15(20)16(7-2-8-16)12-3-5-13(17)6-4-12/h3-6,9-10H,2,7-8,11H2,1H3. The molecule has 1 aromatic carbocycles. The first-order valence-electron chi connectivity index (χ1n) is 7.02. The Balaban J connectivity index is 1.81. The number of hydrogen-bond donors (Lipinski definition) is 0. The highest BCUT2D eigenvalue weighted by Gasteiger charge is 2.46. The Morgan fingerprint density at radius 2 is 2.10 bits per heavy atom. The van der Waals surface area contributed by atoms with Gasteiger partial charge in [0, 0.05) is 23.6 Å². The summed E-state index contributed by atoms with van der Waals surface area (Å²) in [6.45, 7) is 0.575. The smallest absolute Gasteiger partial charge is 0.233 e. The van der Waals surface area contributed by atoms with E-state index >= 15 is 0 Å². The highest BCUT2D eigenvalue weighted by molar-refractivity contribution is 7.09. The molecule has 1 aliphatic carbocycles. The van der Waals surface area contributed by atoms with Crippen LogP contribution in [-0.2, 0) is 16.8 Å². The predicted octanol–water partition coefficient (Wildman–Crippen LogP) is 3.88. The number of nitrogens with zero attached hydrogens (tertiary/aromatic N) is 2. The van der Waals surface area contributed by atoms with E-state index in [0.717, 1.165) is 29.8 Å². The zero-order chi connectivity index (χ0) is 14.9. The maximum atomic E-state index is 12.9. The molecule has 3 rings (SSSR count). The van der Waals surface area contributed by atoms with Gasteiger partial charge >= 0.3 is 0 Å². The average Bonchev–Trinajstić information content (AvgIpc) is 2.92. The summed E-state index contributed by atoms with van der Waals surface area (Å²) >= 11 is 7.54. The Morgan fingerprint density at radius 3 is 2.62 bits per heavy atom. The van der Waals surface area contributed by atoms with E-state index in [1.807, 2.05) is 36.7 Å². The van der Waals surface area contributed by atoms with Gasteiger partial charge in [0.2, 0.25) is 5.91 Å². The van der Waals surface area contributed by atoms with Crippen molar-refractivity contribution in [2.75, 3.05) is 7.05 Å². The number of carbonyl (C=O) groups is 1. The molecule has 21 heavy (non-hydrogen) atoms. The maximum Gasteiger partial charge on any atom is 0.233 e. The van der Waals surface area contributed by atoms with Crippen LogP contribution in [0.4, 0.5) is 0 Å². The van der Waals surface area contributed by atoms with Gasteiger partial charge in [0.1, 0.15) is 5.01 Å². The third-order valence-corrected chi connectivity index (χ3v) is 5.23. The largest absolute Gasteiger partial charge is 0.338 e. The van der Waals surface area contributed by atoms with Crippen LogP contribution >= 0.6 is 22.9 Å². The summed E-state index contributed by atoms with van der Waals surface area (Å²) in [5, 5.41) is 3.61. The van der Waals surface area contributed by atoms with Crippen molar-refractivity contribution >= 4 is 28.8 Å². The first-order valence-corrected chi connectivity index (χ1v) is 8.27. The molecule has 1 saturated carbocycles. The topological polar surface area (TPSA) is 33.2 Å². The van der Waals surface area contributed by atoms with Crippen LogP contribution < -0.4 is 0 Å². The van der Waals surface area contributed by atoms with Gasteiger partial charge in [0.05, 0.1) is 12.0 Å². The lowest BCUT2D eigenvalue weighted by Gasteiger charge is -2.43. The van der Waals surface area contributed by atoms with Crippen LogP contribution in [0.2, 0.25) is 5.02 Å². The first kappa shape index (κ1) is 14.5. The summed E-state index contributed by atoms with van der Waals surface area (Å²) in [5.74, 6) is 0.186. The van der Waals surface area contributed by atoms with Crippen molar-refractivity contribution in [3.05, 3.63) is 51.4 Å². The molecule has 1 amide bonds. The first-order chi connectivity index (χ1) is 10.1. The molecule has 0 bridgehead atoms. The Morgan fingerprint density at radius 1 is 1.38 bits per heavy atom. The molecule has 0 saturated heterocycles. The molecular weight excluding hydrogens is 304 g/mol. The quantitative estimate of drug-likeness (QED) is 0.856. The molecule has 0 N–H and O–H groups in total. The lowest BCUT2D eigenvalue weighted by molar-refractivity contribution is -0.140. The Kier molecular flexibility index (Phi) is 4.00. The van der Waals surface area contributed by atoms with Gasteiger partial charge in [0.25, 0.3) is 0 Å². The molecular formula is C16H17ClN2OS. The van der Waals surface area contributed by atoms with Gasteiger partial charge in [-0.1, -0.05) is 30.2 Å². The van der Waals surface area contributed by atoms with Crippen molar-refractivity contribution in [3.8, 4) is 0 Å². The van der Waals surface area contributed by atoms with Crippen LogP contribution in [0.1, 0.15) is 29.8 Å². The van der Waals surface area contributed by atoms with E-state index in [-0.39, 0.29) is 11.3 Å².